The summed E-state index contributed by atoms with van der Waals surface area (Å²) >= 11 is 0. The molecule has 0 heterocycles. The van der Waals surface area contributed by atoms with Crippen LogP contribution in [0.1, 0.15) is 12.8 Å². The van der Waals surface area contributed by atoms with E-state index in [-0.39, 0.29) is 0 Å². The zero-order chi connectivity index (χ0) is 9.73. The molecule has 0 aliphatic heterocycles. The number of quaternary nitrogens is 1. The van der Waals surface area contributed by atoms with Crippen LogP contribution in [0.15, 0.2) is 23.8 Å². The van der Waals surface area contributed by atoms with Gasteiger partial charge in [-0.1, -0.05) is 0 Å². The maximum absolute atomic E-state index is 2.35. The molecule has 0 bridgehead atoms. The van der Waals surface area contributed by atoms with Gasteiger partial charge >= 0.3 is 0 Å². The molecule has 1 radical (unpaired) electrons. The molecule has 0 aromatic carbocycles. The van der Waals surface area contributed by atoms with E-state index in [1.165, 1.54) is 29.4 Å². The lowest BCUT2D eigenvalue weighted by Crippen LogP contribution is -2.37. The minimum absolute atomic E-state index is 0.443. The highest BCUT2D eigenvalue weighted by Crippen LogP contribution is 2.14. The highest BCUT2D eigenvalue weighted by molar-refractivity contribution is 5.97. The molecule has 0 aromatic rings. The summed E-state index contributed by atoms with van der Waals surface area (Å²) < 4.78 is 1.31. The van der Waals surface area contributed by atoms with Crippen molar-refractivity contribution in [3.8, 4) is 0 Å². The average molecular weight is 177 g/mol. The van der Waals surface area contributed by atoms with Crippen LogP contribution in [0, 0.1) is 12.8 Å². The van der Waals surface area contributed by atoms with Crippen molar-refractivity contribution in [2.75, 3.05) is 20.6 Å². The molecule has 1 nitrogen and oxygen atoms in total. The Kier molecular flexibility index (Phi) is 3.67. The van der Waals surface area contributed by atoms with Crippen LogP contribution in [0.3, 0.4) is 0 Å². The zero-order valence-electron chi connectivity index (χ0n) is 7.96. The maximum atomic E-state index is 2.35. The molecule has 0 fully saturated rings. The number of nitrogens with zero attached hydrogens (tertiary/aromatic N) is 1. The minimum atomic E-state index is 0.443. The third kappa shape index (κ3) is 4.84. The molecule has 0 aromatic heterocycles. The summed E-state index contributed by atoms with van der Waals surface area (Å²) in [6, 6.07) is 0. The van der Waals surface area contributed by atoms with Crippen LogP contribution in [0.4, 0.5) is 0 Å². The molecule has 1 aliphatic carbocycles. The molecule has 2 heteroatoms. The molecule has 0 saturated heterocycles. The molecular weight excluding hydrogens is 157 g/mol. The Bertz CT molecular complexity index is 211. The van der Waals surface area contributed by atoms with Gasteiger partial charge in [0, 0.05) is 26.2 Å². The average Bonchev–Trinajstić information content (AvgIpc) is 2.04. The van der Waals surface area contributed by atoms with Crippen molar-refractivity contribution in [1.29, 1.82) is 0 Å². The number of hydrogen-bond acceptors (Lipinski definition) is 0. The SMILES string of the molecule is [BH3-][N+](C)(C)CCCC1=C[CH][CH+]C=C1. The van der Waals surface area contributed by atoms with Gasteiger partial charge in [0.1, 0.15) is 0 Å². The van der Waals surface area contributed by atoms with E-state index in [0.717, 1.165) is 0 Å². The summed E-state index contributed by atoms with van der Waals surface area (Å²) in [5.41, 5.74) is 1.48. The second-order valence-electron chi connectivity index (χ2n) is 3.39. The predicted octanol–water partition coefficient (Wildman–Crippen LogP) is 1.03. The molecule has 1 aliphatic rings. The summed E-state index contributed by atoms with van der Waals surface area (Å²) in [6.07, 6.45) is 13.4. The van der Waals surface area contributed by atoms with E-state index >= 15 is 0 Å². The van der Waals surface area contributed by atoms with Crippen molar-refractivity contribution in [3.63, 3.8) is 0 Å². The quantitative estimate of drug-likeness (QED) is 0.444. The Morgan fingerprint density at radius 3 is 2.77 bits per heavy atom. The van der Waals surface area contributed by atoms with E-state index in [1.807, 2.05) is 0 Å². The molecule has 0 spiro atoms. The lowest BCUT2D eigenvalue weighted by Gasteiger charge is -2.33. The van der Waals surface area contributed by atoms with E-state index in [4.69, 9.17) is 0 Å². The zero-order valence-corrected chi connectivity index (χ0v) is 7.96. The van der Waals surface area contributed by atoms with Crippen LogP contribution < -0.4 is 0 Å². The van der Waals surface area contributed by atoms with Crippen LogP contribution in [-0.4, -0.2) is 33.0 Å². The molecule has 0 amide bonds. The van der Waals surface area contributed by atoms with Crippen molar-refractivity contribution >= 4 is 7.98 Å². The number of hydrogen-bond donors (Lipinski definition) is 0. The first-order chi connectivity index (χ1) is 6.08. The van der Waals surface area contributed by atoms with Crippen LogP contribution in [0.25, 0.3) is 0 Å². The fourth-order valence-corrected chi connectivity index (χ4v) is 1.24. The van der Waals surface area contributed by atoms with Gasteiger partial charge in [-0.25, -0.2) is 0 Å². The van der Waals surface area contributed by atoms with Gasteiger partial charge < -0.3 is 4.39 Å². The summed E-state index contributed by atoms with van der Waals surface area (Å²) in [7, 11) is 5.15. The molecular formula is C11H20BN+. The van der Waals surface area contributed by atoms with Gasteiger partial charge in [0.05, 0.1) is 25.0 Å². The van der Waals surface area contributed by atoms with E-state index in [9.17, 15) is 0 Å². The van der Waals surface area contributed by atoms with Gasteiger partial charge in [0.2, 0.25) is 0 Å². The molecule has 0 atom stereocenters. The monoisotopic (exact) mass is 177 g/mol. The Balaban J connectivity index is 2.19. The number of rotatable bonds is 4. The molecule has 1 rings (SSSR count). The van der Waals surface area contributed by atoms with Gasteiger partial charge in [-0.2, -0.15) is 0 Å². The van der Waals surface area contributed by atoms with Gasteiger partial charge in [0.25, 0.3) is 0 Å². The third-order valence-electron chi connectivity index (χ3n) is 1.91. The first-order valence-electron chi connectivity index (χ1n) is 4.47. The molecule has 0 N–H and O–H groups in total. The van der Waals surface area contributed by atoms with Crippen LogP contribution in [0.2, 0.25) is 0 Å². The molecule has 0 unspecified atom stereocenters. The summed E-state index contributed by atoms with van der Waals surface area (Å²) in [4.78, 5) is 0. The Hall–Kier alpha value is -0.625. The van der Waals surface area contributed by atoms with E-state index in [2.05, 4.69) is 45.2 Å². The highest BCUT2D eigenvalue weighted by Gasteiger charge is 2.06. The van der Waals surface area contributed by atoms with Crippen molar-refractivity contribution in [1.82, 2.24) is 0 Å². The Morgan fingerprint density at radius 1 is 1.46 bits per heavy atom. The largest absolute Gasteiger partial charge is 0.527 e. The van der Waals surface area contributed by atoms with Gasteiger partial charge in [-0.3, -0.25) is 0 Å². The maximum Gasteiger partial charge on any atom is 0.168 e. The lowest BCUT2D eigenvalue weighted by atomic mass is 10.0. The van der Waals surface area contributed by atoms with Crippen molar-refractivity contribution in [2.45, 2.75) is 12.8 Å². The van der Waals surface area contributed by atoms with Crippen molar-refractivity contribution in [3.05, 3.63) is 36.6 Å². The van der Waals surface area contributed by atoms with Crippen LogP contribution in [-0.2, 0) is 0 Å². The van der Waals surface area contributed by atoms with Crippen molar-refractivity contribution in [2.24, 2.45) is 0 Å². The third-order valence-corrected chi connectivity index (χ3v) is 1.91. The fraction of sp³-hybridized carbons (Fsp3) is 0.455. The second kappa shape index (κ2) is 4.57. The van der Waals surface area contributed by atoms with Crippen molar-refractivity contribution < 1.29 is 4.39 Å². The van der Waals surface area contributed by atoms with E-state index < -0.39 is 0 Å². The summed E-state index contributed by atoms with van der Waals surface area (Å²) in [5.74, 6) is 0. The molecule has 13 heavy (non-hydrogen) atoms. The van der Waals surface area contributed by atoms with Gasteiger partial charge in [-0.05, 0) is 18.9 Å². The van der Waals surface area contributed by atoms with Crippen LogP contribution >= 0.6 is 0 Å². The first kappa shape index (κ1) is 10.5. The minimum Gasteiger partial charge on any atom is -0.527 e. The molecule has 71 valence electrons. The second-order valence-corrected chi connectivity index (χ2v) is 3.39. The van der Waals surface area contributed by atoms with E-state index in [0.29, 0.717) is 7.98 Å². The van der Waals surface area contributed by atoms with Gasteiger partial charge in [-0.15, -0.1) is 0 Å². The lowest BCUT2D eigenvalue weighted by molar-refractivity contribution is -0.773. The highest BCUT2D eigenvalue weighted by atomic mass is 15.2. The van der Waals surface area contributed by atoms with Gasteiger partial charge in [0.15, 0.2) is 7.98 Å². The predicted molar refractivity (Wildman–Crippen MR) is 62.0 cm³/mol. The summed E-state index contributed by atoms with van der Waals surface area (Å²) in [6.45, 7) is 1.36. The standard InChI is InChI=1S/C11H20BN/c1-13(2,12)10-6-9-11-7-4-3-5-8-11/h3-5,7-8H,6,9-10H2,1-2,12H3/q+1. The number of allylic oxidation sites excluding steroid dienone is 4. The Labute approximate surface area is 83.1 Å². The topological polar surface area (TPSA) is 0 Å². The normalized spacial score (nSPS) is 16.7. The first-order valence-corrected chi connectivity index (χ1v) is 4.47. The fourth-order valence-electron chi connectivity index (χ4n) is 1.24. The Morgan fingerprint density at radius 2 is 2.23 bits per heavy atom. The smallest absolute Gasteiger partial charge is 0.168 e. The summed E-state index contributed by atoms with van der Waals surface area (Å²) in [5, 5.41) is 0. The van der Waals surface area contributed by atoms with E-state index in [1.54, 1.807) is 0 Å². The van der Waals surface area contributed by atoms with Crippen LogP contribution in [0.5, 0.6) is 0 Å². The molecule has 0 saturated carbocycles.